The molecule has 0 spiro atoms. The minimum atomic E-state index is -0.456. The Balaban J connectivity index is 1.18. The van der Waals surface area contributed by atoms with E-state index in [1.165, 1.54) is 38.5 Å². The number of pyridine rings is 1. The van der Waals surface area contributed by atoms with E-state index in [1.54, 1.807) is 11.0 Å². The Bertz CT molecular complexity index is 1080. The zero-order chi connectivity index (χ0) is 23.0. The van der Waals surface area contributed by atoms with Crippen LogP contribution in [-0.2, 0) is 11.3 Å². The summed E-state index contributed by atoms with van der Waals surface area (Å²) in [6.07, 6.45) is 12.1. The fraction of sp³-hybridized carbons (Fsp3) is 0.778. The van der Waals surface area contributed by atoms with Crippen LogP contribution in [0.2, 0.25) is 0 Å². The largest absolute Gasteiger partial charge is 0.390 e. The molecule has 4 fully saturated rings. The van der Waals surface area contributed by atoms with Crippen molar-refractivity contribution in [2.24, 2.45) is 40.9 Å². The summed E-state index contributed by atoms with van der Waals surface area (Å²) in [7, 11) is 0. The average molecular weight is 451 g/mol. The molecule has 4 aliphatic carbocycles. The fourth-order valence-electron chi connectivity index (χ4n) is 8.90. The Hall–Kier alpha value is -1.82. The van der Waals surface area contributed by atoms with E-state index in [-0.39, 0.29) is 17.9 Å². The molecule has 33 heavy (non-hydrogen) atoms. The highest BCUT2D eigenvalue weighted by atomic mass is 16.3. The molecule has 0 unspecified atom stereocenters. The number of ketones is 1. The van der Waals surface area contributed by atoms with Gasteiger partial charge in [0, 0.05) is 11.6 Å². The van der Waals surface area contributed by atoms with Crippen LogP contribution >= 0.6 is 0 Å². The van der Waals surface area contributed by atoms with Gasteiger partial charge in [-0.15, -0.1) is 0 Å². The third-order valence-corrected chi connectivity index (χ3v) is 10.4. The molecule has 4 saturated carbocycles. The molecule has 4 aliphatic rings. The fourth-order valence-corrected chi connectivity index (χ4v) is 8.90. The van der Waals surface area contributed by atoms with Gasteiger partial charge in [0.1, 0.15) is 17.6 Å². The lowest BCUT2D eigenvalue weighted by Gasteiger charge is -2.56. The maximum Gasteiger partial charge on any atom is 0.159 e. The maximum absolute atomic E-state index is 13.5. The second-order valence-corrected chi connectivity index (χ2v) is 12.4. The van der Waals surface area contributed by atoms with Crippen LogP contribution in [-0.4, -0.2) is 36.5 Å². The van der Waals surface area contributed by atoms with Gasteiger partial charge in [0.05, 0.1) is 11.8 Å². The summed E-state index contributed by atoms with van der Waals surface area (Å²) < 4.78 is 0. The Morgan fingerprint density at radius 2 is 1.82 bits per heavy atom. The maximum atomic E-state index is 13.5. The van der Waals surface area contributed by atoms with Gasteiger partial charge in [-0.3, -0.25) is 9.78 Å². The first-order chi connectivity index (χ1) is 15.7. The zero-order valence-electron chi connectivity index (χ0n) is 20.3. The quantitative estimate of drug-likeness (QED) is 0.732. The Morgan fingerprint density at radius 3 is 2.67 bits per heavy atom. The summed E-state index contributed by atoms with van der Waals surface area (Å²) in [6, 6.07) is 1.93. The van der Waals surface area contributed by atoms with Crippen LogP contribution < -0.4 is 0 Å². The summed E-state index contributed by atoms with van der Waals surface area (Å²) in [4.78, 5) is 19.4. The van der Waals surface area contributed by atoms with Gasteiger partial charge in [-0.2, -0.15) is 15.0 Å². The SMILES string of the molecule is Cc1cc2nn(CC(=O)[C@H]3CC[C@H]4[C@@H]5CC[C@@H]6C[C@](C)(O)CC[C@@H]6[C@H]5CC[C@]34C)nc2cn1. The molecule has 0 saturated heterocycles. The van der Waals surface area contributed by atoms with Gasteiger partial charge in [0.2, 0.25) is 0 Å². The predicted octanol–water partition coefficient (Wildman–Crippen LogP) is 4.72. The number of aryl methyl sites for hydroxylation is 1. The number of Topliss-reactive ketones (excluding diaryl/α,β-unsaturated/α-hetero) is 1. The number of carbonyl (C=O) groups excluding carboxylic acids is 1. The van der Waals surface area contributed by atoms with E-state index in [2.05, 4.69) is 22.1 Å². The summed E-state index contributed by atoms with van der Waals surface area (Å²) in [5, 5.41) is 19.7. The summed E-state index contributed by atoms with van der Waals surface area (Å²) in [5.74, 6) is 4.18. The van der Waals surface area contributed by atoms with Crippen molar-refractivity contribution in [1.29, 1.82) is 0 Å². The lowest BCUT2D eigenvalue weighted by Crippen LogP contribution is -2.51. The van der Waals surface area contributed by atoms with Crippen molar-refractivity contribution in [1.82, 2.24) is 20.0 Å². The summed E-state index contributed by atoms with van der Waals surface area (Å²) in [5.41, 5.74) is 2.15. The minimum Gasteiger partial charge on any atom is -0.390 e. The van der Waals surface area contributed by atoms with Crippen molar-refractivity contribution in [2.45, 2.75) is 90.7 Å². The summed E-state index contributed by atoms with van der Waals surface area (Å²) in [6.45, 7) is 6.67. The average Bonchev–Trinajstić information content (AvgIpc) is 3.32. The van der Waals surface area contributed by atoms with Crippen molar-refractivity contribution in [3.63, 3.8) is 0 Å². The van der Waals surface area contributed by atoms with Crippen molar-refractivity contribution in [2.75, 3.05) is 0 Å². The second-order valence-electron chi connectivity index (χ2n) is 12.4. The lowest BCUT2D eigenvalue weighted by molar-refractivity contribution is -0.133. The molecule has 6 rings (SSSR count). The molecule has 0 radical (unpaired) electrons. The number of hydrogen-bond donors (Lipinski definition) is 1. The molecule has 178 valence electrons. The van der Waals surface area contributed by atoms with Crippen molar-refractivity contribution in [3.05, 3.63) is 18.0 Å². The molecule has 1 N–H and O–H groups in total. The van der Waals surface area contributed by atoms with E-state index in [9.17, 15) is 9.90 Å². The molecule has 2 aromatic heterocycles. The van der Waals surface area contributed by atoms with Gasteiger partial charge in [-0.05, 0) is 113 Å². The van der Waals surface area contributed by atoms with Gasteiger partial charge in [-0.25, -0.2) is 0 Å². The molecule has 0 aromatic carbocycles. The van der Waals surface area contributed by atoms with E-state index < -0.39 is 5.60 Å². The van der Waals surface area contributed by atoms with Crippen LogP contribution in [0.25, 0.3) is 11.0 Å². The molecule has 2 heterocycles. The number of aliphatic hydroxyl groups is 1. The highest BCUT2D eigenvalue weighted by Crippen LogP contribution is 2.64. The normalized spacial score (nSPS) is 42.5. The van der Waals surface area contributed by atoms with E-state index in [4.69, 9.17) is 0 Å². The van der Waals surface area contributed by atoms with Crippen molar-refractivity contribution < 1.29 is 9.90 Å². The topological polar surface area (TPSA) is 80.9 Å². The molecule has 6 heteroatoms. The van der Waals surface area contributed by atoms with Crippen molar-refractivity contribution in [3.8, 4) is 0 Å². The second kappa shape index (κ2) is 7.59. The van der Waals surface area contributed by atoms with Crippen LogP contribution in [0, 0.1) is 47.8 Å². The lowest BCUT2D eigenvalue weighted by atomic mass is 9.49. The third kappa shape index (κ3) is 3.55. The molecule has 0 bridgehead atoms. The molecule has 0 aliphatic heterocycles. The van der Waals surface area contributed by atoms with Gasteiger partial charge in [-0.1, -0.05) is 6.92 Å². The number of fused-ring (bicyclic) bond motifs is 6. The van der Waals surface area contributed by atoms with Gasteiger partial charge >= 0.3 is 0 Å². The molecule has 0 amide bonds. The van der Waals surface area contributed by atoms with Crippen LogP contribution in [0.1, 0.15) is 77.3 Å². The van der Waals surface area contributed by atoms with Gasteiger partial charge < -0.3 is 5.11 Å². The molecule has 2 aromatic rings. The van der Waals surface area contributed by atoms with E-state index >= 15 is 0 Å². The Labute approximate surface area is 196 Å². The predicted molar refractivity (Wildman–Crippen MR) is 126 cm³/mol. The molecule has 6 nitrogen and oxygen atoms in total. The standard InChI is InChI=1S/C27H38N4O2/c1-16-12-23-24(14-28-16)30-31(29-23)15-25(32)22-7-6-21-20-5-4-17-13-26(2,33)10-8-18(17)19(20)9-11-27(21,22)3/h12,14,17-22,33H,4-11,13,15H2,1-3H3/t17-,18+,19-,20-,21+,22-,26-,27+/m1/s1. The molecule has 8 atom stereocenters. The number of aromatic nitrogens is 4. The Kier molecular flexibility index (Phi) is 4.99. The van der Waals surface area contributed by atoms with Gasteiger partial charge in [0.25, 0.3) is 0 Å². The first kappa shape index (κ1) is 21.7. The number of hydrogen-bond acceptors (Lipinski definition) is 5. The van der Waals surface area contributed by atoms with E-state index in [1.807, 2.05) is 19.9 Å². The van der Waals surface area contributed by atoms with Crippen LogP contribution in [0.15, 0.2) is 12.3 Å². The Morgan fingerprint density at radius 1 is 1.03 bits per heavy atom. The van der Waals surface area contributed by atoms with Crippen LogP contribution in [0.4, 0.5) is 0 Å². The molecular formula is C27H38N4O2. The summed E-state index contributed by atoms with van der Waals surface area (Å²) >= 11 is 0. The first-order valence-electron chi connectivity index (χ1n) is 13.2. The molecular weight excluding hydrogens is 412 g/mol. The monoisotopic (exact) mass is 450 g/mol. The highest BCUT2D eigenvalue weighted by Gasteiger charge is 2.58. The van der Waals surface area contributed by atoms with E-state index in [0.717, 1.165) is 53.7 Å². The smallest absolute Gasteiger partial charge is 0.159 e. The van der Waals surface area contributed by atoms with Crippen LogP contribution in [0.3, 0.4) is 0 Å². The van der Waals surface area contributed by atoms with E-state index in [0.29, 0.717) is 17.6 Å². The third-order valence-electron chi connectivity index (χ3n) is 10.4. The number of rotatable bonds is 3. The number of nitrogens with zero attached hydrogens (tertiary/aromatic N) is 4. The number of carbonyl (C=O) groups is 1. The first-order valence-corrected chi connectivity index (χ1v) is 13.2. The minimum absolute atomic E-state index is 0.121. The highest BCUT2D eigenvalue weighted by molar-refractivity contribution is 5.82. The zero-order valence-corrected chi connectivity index (χ0v) is 20.3. The van der Waals surface area contributed by atoms with Crippen LogP contribution in [0.5, 0.6) is 0 Å². The van der Waals surface area contributed by atoms with Crippen molar-refractivity contribution >= 4 is 16.8 Å². The van der Waals surface area contributed by atoms with Gasteiger partial charge in [0.15, 0.2) is 5.78 Å².